The van der Waals surface area contributed by atoms with E-state index in [0.29, 0.717) is 6.42 Å². The van der Waals surface area contributed by atoms with Crippen molar-refractivity contribution in [2.24, 2.45) is 41.4 Å². The van der Waals surface area contributed by atoms with Gasteiger partial charge in [0.2, 0.25) is 23.6 Å². The summed E-state index contributed by atoms with van der Waals surface area (Å²) in [6, 6.07) is 29.2. The molecule has 0 spiro atoms. The topological polar surface area (TPSA) is 74.8 Å². The predicted octanol–water partition coefficient (Wildman–Crippen LogP) is 4.88. The van der Waals surface area contributed by atoms with Crippen molar-refractivity contribution >= 4 is 29.2 Å². The fourth-order valence-corrected chi connectivity index (χ4v) is 8.49. The molecule has 0 unspecified atom stereocenters. The van der Waals surface area contributed by atoms with Crippen LogP contribution in [0.4, 0.5) is 0 Å². The fraction of sp³-hybridized carbons (Fsp3) is 0.278. The van der Waals surface area contributed by atoms with Crippen molar-refractivity contribution in [3.63, 3.8) is 0 Å². The summed E-state index contributed by atoms with van der Waals surface area (Å²) in [6.07, 6.45) is 4.63. The third-order valence-electron chi connectivity index (χ3n) is 10.2. The van der Waals surface area contributed by atoms with Crippen LogP contribution in [0.3, 0.4) is 0 Å². The predicted molar refractivity (Wildman–Crippen MR) is 156 cm³/mol. The van der Waals surface area contributed by atoms with Crippen LogP contribution in [0, 0.1) is 41.4 Å². The smallest absolute Gasteiger partial charge is 0.234 e. The van der Waals surface area contributed by atoms with E-state index in [-0.39, 0.29) is 54.5 Å². The lowest BCUT2D eigenvalue weighted by molar-refractivity contribution is -0.143. The van der Waals surface area contributed by atoms with Gasteiger partial charge in [0, 0.05) is 11.8 Å². The lowest BCUT2D eigenvalue weighted by Crippen LogP contribution is -2.51. The van der Waals surface area contributed by atoms with Crippen molar-refractivity contribution in [2.45, 2.75) is 19.5 Å². The van der Waals surface area contributed by atoms with Gasteiger partial charge in [-0.3, -0.25) is 29.0 Å². The lowest BCUT2D eigenvalue weighted by atomic mass is 9.49. The van der Waals surface area contributed by atoms with E-state index in [9.17, 15) is 19.2 Å². The standard InChI is InChI=1S/C36H30N2O4/c39-33-27-18-26(23-14-8-3-9-15-23)28-24-16-17-25(29(28)32(27)36(42)37(33)19-21-10-4-1-5-11-21)31-30(24)34(40)38(35(31)41)20-22-12-6-2-7-13-22/h1-17,24-25,27,29-32H,18-20H2/t24-,25-,27-,29-,30-,31+,32+/m1/s1. The first kappa shape index (κ1) is 25.2. The number of fused-ring (bicyclic) bond motifs is 1. The molecular formula is C36H30N2O4. The summed E-state index contributed by atoms with van der Waals surface area (Å²) in [5.74, 6) is -3.48. The van der Waals surface area contributed by atoms with Crippen LogP contribution < -0.4 is 0 Å². The van der Waals surface area contributed by atoms with Gasteiger partial charge in [0.05, 0.1) is 36.8 Å². The molecule has 6 aliphatic rings. The number of allylic oxidation sites excluding steroid dienone is 4. The molecule has 208 valence electrons. The number of hydrogen-bond donors (Lipinski definition) is 0. The second-order valence-corrected chi connectivity index (χ2v) is 12.2. The Labute approximate surface area is 244 Å². The zero-order valence-corrected chi connectivity index (χ0v) is 23.0. The van der Waals surface area contributed by atoms with Gasteiger partial charge in [-0.2, -0.15) is 0 Å². The maximum Gasteiger partial charge on any atom is 0.234 e. The zero-order valence-electron chi connectivity index (χ0n) is 23.0. The average Bonchev–Trinajstić information content (AvgIpc) is 3.43. The highest BCUT2D eigenvalue weighted by Gasteiger charge is 2.66. The quantitative estimate of drug-likeness (QED) is 0.333. The van der Waals surface area contributed by atoms with Crippen molar-refractivity contribution in [3.8, 4) is 0 Å². The first-order valence-electron chi connectivity index (χ1n) is 14.8. The molecule has 6 heteroatoms. The molecule has 3 aromatic carbocycles. The number of carbonyl (C=O) groups excluding carboxylic acids is 4. The van der Waals surface area contributed by atoms with Gasteiger partial charge in [0.15, 0.2) is 0 Å². The summed E-state index contributed by atoms with van der Waals surface area (Å²) in [4.78, 5) is 59.0. The van der Waals surface area contributed by atoms with E-state index in [4.69, 9.17) is 0 Å². The molecule has 6 nitrogen and oxygen atoms in total. The van der Waals surface area contributed by atoms with Gasteiger partial charge < -0.3 is 0 Å². The molecule has 9 rings (SSSR count). The Balaban J connectivity index is 1.23. The summed E-state index contributed by atoms with van der Waals surface area (Å²) >= 11 is 0. The van der Waals surface area contributed by atoms with Gasteiger partial charge >= 0.3 is 0 Å². The minimum atomic E-state index is -0.534. The molecule has 0 N–H and O–H groups in total. The van der Waals surface area contributed by atoms with Gasteiger partial charge in [-0.1, -0.05) is 109 Å². The van der Waals surface area contributed by atoms with E-state index < -0.39 is 23.7 Å². The molecule has 1 saturated carbocycles. The Morgan fingerprint density at radius 1 is 0.548 bits per heavy atom. The maximum absolute atomic E-state index is 14.2. The van der Waals surface area contributed by atoms with Crippen LogP contribution in [0.15, 0.2) is 109 Å². The summed E-state index contributed by atoms with van der Waals surface area (Å²) < 4.78 is 0. The molecule has 2 bridgehead atoms. The number of benzene rings is 3. The van der Waals surface area contributed by atoms with Gasteiger partial charge in [-0.25, -0.2) is 0 Å². The molecule has 2 saturated heterocycles. The SMILES string of the molecule is O=C1[C@@H]2[C@H]3C(=C(c4ccccc4)C[C@H]2C(=O)N1Cc1ccccc1)[C@H]1C=C[C@H]3[C@@H]2C(=O)N(Cc3ccccc3)C(=O)[C@@H]21. The van der Waals surface area contributed by atoms with Crippen LogP contribution >= 0.6 is 0 Å². The number of hydrogen-bond acceptors (Lipinski definition) is 4. The van der Waals surface area contributed by atoms with Crippen LogP contribution in [0.1, 0.15) is 23.1 Å². The Morgan fingerprint density at radius 2 is 1.07 bits per heavy atom. The van der Waals surface area contributed by atoms with Crippen LogP contribution in [0.25, 0.3) is 5.57 Å². The molecule has 42 heavy (non-hydrogen) atoms. The lowest BCUT2D eigenvalue weighted by Gasteiger charge is -2.51. The van der Waals surface area contributed by atoms with E-state index in [1.165, 1.54) is 9.80 Å². The molecule has 2 aliphatic heterocycles. The van der Waals surface area contributed by atoms with E-state index >= 15 is 0 Å². The number of amides is 4. The summed E-state index contributed by atoms with van der Waals surface area (Å²) in [5, 5.41) is 0. The molecule has 3 fully saturated rings. The molecule has 4 amide bonds. The highest BCUT2D eigenvalue weighted by molar-refractivity contribution is 6.09. The van der Waals surface area contributed by atoms with Crippen molar-refractivity contribution in [3.05, 3.63) is 125 Å². The normalized spacial score (nSPS) is 31.1. The van der Waals surface area contributed by atoms with Crippen LogP contribution in [-0.2, 0) is 32.3 Å². The van der Waals surface area contributed by atoms with Crippen molar-refractivity contribution < 1.29 is 19.2 Å². The molecular weight excluding hydrogens is 524 g/mol. The first-order valence-corrected chi connectivity index (χ1v) is 14.8. The van der Waals surface area contributed by atoms with Crippen molar-refractivity contribution in [2.75, 3.05) is 0 Å². The minimum absolute atomic E-state index is 0.131. The number of nitrogens with zero attached hydrogens (tertiary/aromatic N) is 2. The van der Waals surface area contributed by atoms with Gasteiger partial charge in [-0.15, -0.1) is 0 Å². The monoisotopic (exact) mass is 554 g/mol. The molecule has 4 aliphatic carbocycles. The fourth-order valence-electron chi connectivity index (χ4n) is 8.49. The third-order valence-corrected chi connectivity index (χ3v) is 10.2. The summed E-state index contributed by atoms with van der Waals surface area (Å²) in [5.41, 5.74) is 4.99. The summed E-state index contributed by atoms with van der Waals surface area (Å²) in [6.45, 7) is 0.487. The third kappa shape index (κ3) is 3.57. The molecule has 0 radical (unpaired) electrons. The first-order chi connectivity index (χ1) is 20.5. The number of rotatable bonds is 5. The van der Waals surface area contributed by atoms with Crippen LogP contribution in [0.5, 0.6) is 0 Å². The van der Waals surface area contributed by atoms with E-state index in [0.717, 1.165) is 27.8 Å². The highest BCUT2D eigenvalue weighted by atomic mass is 16.2. The van der Waals surface area contributed by atoms with Gasteiger partial charge in [0.25, 0.3) is 0 Å². The molecule has 2 heterocycles. The van der Waals surface area contributed by atoms with Crippen molar-refractivity contribution in [1.82, 2.24) is 9.80 Å². The largest absolute Gasteiger partial charge is 0.278 e. The Kier molecular flexibility index (Phi) is 5.68. The van der Waals surface area contributed by atoms with E-state index in [1.807, 2.05) is 78.9 Å². The summed E-state index contributed by atoms with van der Waals surface area (Å²) in [7, 11) is 0. The van der Waals surface area contributed by atoms with E-state index in [2.05, 4.69) is 24.3 Å². The highest BCUT2D eigenvalue weighted by Crippen LogP contribution is 2.63. The van der Waals surface area contributed by atoms with Gasteiger partial charge in [0.1, 0.15) is 0 Å². The number of imide groups is 2. The Hall–Kier alpha value is -4.58. The van der Waals surface area contributed by atoms with Crippen molar-refractivity contribution in [1.29, 1.82) is 0 Å². The Morgan fingerprint density at radius 3 is 1.69 bits per heavy atom. The Bertz CT molecular complexity index is 1680. The van der Waals surface area contributed by atoms with Crippen LogP contribution in [-0.4, -0.2) is 33.4 Å². The minimum Gasteiger partial charge on any atom is -0.278 e. The average molecular weight is 555 g/mol. The van der Waals surface area contributed by atoms with Crippen LogP contribution in [0.2, 0.25) is 0 Å². The maximum atomic E-state index is 14.2. The van der Waals surface area contributed by atoms with E-state index in [1.54, 1.807) is 0 Å². The molecule has 3 aromatic rings. The zero-order chi connectivity index (χ0) is 28.5. The number of likely N-dealkylation sites (tertiary alicyclic amines) is 2. The van der Waals surface area contributed by atoms with Gasteiger partial charge in [-0.05, 0) is 34.6 Å². The number of carbonyl (C=O) groups is 4. The molecule has 7 atom stereocenters. The second-order valence-electron chi connectivity index (χ2n) is 12.2. The second kappa shape index (κ2) is 9.48. The molecule has 0 aromatic heterocycles.